The average molecular weight is 295 g/mol. The van der Waals surface area contributed by atoms with E-state index in [9.17, 15) is 22.4 Å². The molecule has 0 aliphatic rings. The molecule has 110 valence electrons. The smallest absolute Gasteiger partial charge is 0.387 e. The largest absolute Gasteiger partial charge is 0.435 e. The number of hydrogen-bond acceptors (Lipinski definition) is 4. The molecular formula is C10H9F4N3O3. The number of rotatable bonds is 6. The van der Waals surface area contributed by atoms with Gasteiger partial charge in [-0.2, -0.15) is 22.7 Å². The van der Waals surface area contributed by atoms with Crippen LogP contribution < -0.4 is 20.6 Å². The van der Waals surface area contributed by atoms with Crippen LogP contribution in [0.4, 0.5) is 22.4 Å². The number of nitrogens with zero attached hydrogens (tertiary/aromatic N) is 1. The normalized spacial score (nSPS) is 11.1. The van der Waals surface area contributed by atoms with Crippen molar-refractivity contribution in [2.45, 2.75) is 13.2 Å². The van der Waals surface area contributed by atoms with E-state index in [1.54, 1.807) is 0 Å². The van der Waals surface area contributed by atoms with Crippen molar-refractivity contribution in [3.8, 4) is 11.5 Å². The zero-order valence-electron chi connectivity index (χ0n) is 9.73. The Kier molecular flexibility index (Phi) is 5.56. The minimum absolute atomic E-state index is 0.000617. The van der Waals surface area contributed by atoms with E-state index in [1.165, 1.54) is 0 Å². The first kappa shape index (κ1) is 15.5. The third-order valence-corrected chi connectivity index (χ3v) is 1.80. The highest BCUT2D eigenvalue weighted by molar-refractivity contribution is 5.85. The van der Waals surface area contributed by atoms with Gasteiger partial charge in [0.25, 0.3) is 0 Å². The van der Waals surface area contributed by atoms with E-state index in [-0.39, 0.29) is 11.3 Å². The van der Waals surface area contributed by atoms with Gasteiger partial charge in [0.2, 0.25) is 0 Å². The number of nitrogens with two attached hydrogens (primary N) is 1. The lowest BCUT2D eigenvalue weighted by Gasteiger charge is -2.10. The quantitative estimate of drug-likeness (QED) is 0.477. The van der Waals surface area contributed by atoms with Crippen LogP contribution in [0.25, 0.3) is 0 Å². The summed E-state index contributed by atoms with van der Waals surface area (Å²) in [5, 5.41) is 3.34. The molecule has 0 radical (unpaired) electrons. The van der Waals surface area contributed by atoms with E-state index >= 15 is 0 Å². The average Bonchev–Trinajstić information content (AvgIpc) is 2.29. The zero-order chi connectivity index (χ0) is 15.1. The molecule has 0 aromatic heterocycles. The van der Waals surface area contributed by atoms with Gasteiger partial charge in [-0.25, -0.2) is 10.2 Å². The third kappa shape index (κ3) is 5.42. The number of primary amides is 1. The summed E-state index contributed by atoms with van der Waals surface area (Å²) in [5.74, 6) is -0.816. The van der Waals surface area contributed by atoms with Crippen LogP contribution in [0.2, 0.25) is 0 Å². The van der Waals surface area contributed by atoms with Gasteiger partial charge in [-0.15, -0.1) is 0 Å². The van der Waals surface area contributed by atoms with Crippen LogP contribution >= 0.6 is 0 Å². The summed E-state index contributed by atoms with van der Waals surface area (Å²) in [6.07, 6.45) is 0.953. The molecule has 0 spiro atoms. The second-order valence-electron chi connectivity index (χ2n) is 3.19. The summed E-state index contributed by atoms with van der Waals surface area (Å²) in [6, 6.07) is 2.11. The molecule has 0 atom stereocenters. The van der Waals surface area contributed by atoms with Gasteiger partial charge >= 0.3 is 19.3 Å². The number of nitrogens with one attached hydrogen (secondary N) is 1. The van der Waals surface area contributed by atoms with Crippen LogP contribution in [0, 0.1) is 0 Å². The maximum atomic E-state index is 12.2. The van der Waals surface area contributed by atoms with Crippen LogP contribution in [-0.2, 0) is 0 Å². The fraction of sp³-hybridized carbons (Fsp3) is 0.200. The molecule has 20 heavy (non-hydrogen) atoms. The Balaban J connectivity index is 2.96. The van der Waals surface area contributed by atoms with Crippen LogP contribution in [0.3, 0.4) is 0 Å². The van der Waals surface area contributed by atoms with E-state index in [2.05, 4.69) is 14.6 Å². The number of amides is 2. The molecule has 0 aliphatic heterocycles. The summed E-state index contributed by atoms with van der Waals surface area (Å²) < 4.78 is 56.6. The Hall–Kier alpha value is -2.52. The Morgan fingerprint density at radius 1 is 1.25 bits per heavy atom. The molecule has 1 rings (SSSR count). The van der Waals surface area contributed by atoms with Crippen molar-refractivity contribution in [2.75, 3.05) is 0 Å². The van der Waals surface area contributed by atoms with E-state index in [4.69, 9.17) is 5.73 Å². The monoisotopic (exact) mass is 295 g/mol. The highest BCUT2D eigenvalue weighted by Gasteiger charge is 2.12. The van der Waals surface area contributed by atoms with E-state index in [0.717, 1.165) is 24.4 Å². The van der Waals surface area contributed by atoms with Crippen LogP contribution in [0.15, 0.2) is 23.3 Å². The maximum absolute atomic E-state index is 12.2. The molecule has 10 heteroatoms. The third-order valence-electron chi connectivity index (χ3n) is 1.80. The fourth-order valence-corrected chi connectivity index (χ4v) is 1.16. The summed E-state index contributed by atoms with van der Waals surface area (Å²) >= 11 is 0. The number of alkyl halides is 4. The minimum Gasteiger partial charge on any atom is -0.435 e. The SMILES string of the molecule is NC(=O)N/N=C/c1ccc(OC(F)F)cc1OC(F)F. The molecule has 0 bridgehead atoms. The van der Waals surface area contributed by atoms with Crippen molar-refractivity contribution in [2.24, 2.45) is 10.8 Å². The molecular weight excluding hydrogens is 286 g/mol. The molecule has 0 fully saturated rings. The Morgan fingerprint density at radius 3 is 2.45 bits per heavy atom. The lowest BCUT2D eigenvalue weighted by molar-refractivity contribution is -0.0543. The zero-order valence-corrected chi connectivity index (χ0v) is 9.73. The van der Waals surface area contributed by atoms with Gasteiger partial charge in [0.1, 0.15) is 11.5 Å². The number of halogens is 4. The molecule has 1 aromatic carbocycles. The molecule has 0 heterocycles. The number of ether oxygens (including phenoxy) is 2. The second-order valence-corrected chi connectivity index (χ2v) is 3.19. The summed E-state index contributed by atoms with van der Waals surface area (Å²) in [7, 11) is 0. The van der Waals surface area contributed by atoms with Gasteiger partial charge in [0.15, 0.2) is 0 Å². The number of hydrogen-bond donors (Lipinski definition) is 2. The van der Waals surface area contributed by atoms with Crippen molar-refractivity contribution < 1.29 is 31.8 Å². The van der Waals surface area contributed by atoms with Crippen LogP contribution in [0.1, 0.15) is 5.56 Å². The second kappa shape index (κ2) is 7.16. The maximum Gasteiger partial charge on any atom is 0.387 e. The molecule has 0 saturated carbocycles. The molecule has 2 amide bonds. The Morgan fingerprint density at radius 2 is 1.90 bits per heavy atom. The molecule has 6 nitrogen and oxygen atoms in total. The number of urea groups is 1. The Bertz CT molecular complexity index is 497. The predicted molar refractivity (Wildman–Crippen MR) is 60.0 cm³/mol. The summed E-state index contributed by atoms with van der Waals surface area (Å²) in [4.78, 5) is 10.4. The van der Waals surface area contributed by atoms with Crippen molar-refractivity contribution in [1.82, 2.24) is 5.43 Å². The highest BCUT2D eigenvalue weighted by atomic mass is 19.3. The number of carbonyl (C=O) groups is 1. The van der Waals surface area contributed by atoms with Gasteiger partial charge in [-0.1, -0.05) is 0 Å². The van der Waals surface area contributed by atoms with Crippen molar-refractivity contribution in [3.63, 3.8) is 0 Å². The molecule has 0 unspecified atom stereocenters. The first-order valence-electron chi connectivity index (χ1n) is 5.00. The van der Waals surface area contributed by atoms with E-state index in [0.29, 0.717) is 0 Å². The van der Waals surface area contributed by atoms with Crippen molar-refractivity contribution >= 4 is 12.2 Å². The first-order chi connectivity index (χ1) is 9.38. The highest BCUT2D eigenvalue weighted by Crippen LogP contribution is 2.26. The van der Waals surface area contributed by atoms with Gasteiger partial charge < -0.3 is 15.2 Å². The van der Waals surface area contributed by atoms with E-state index in [1.807, 2.05) is 5.43 Å². The fourth-order valence-electron chi connectivity index (χ4n) is 1.16. The predicted octanol–water partition coefficient (Wildman–Crippen LogP) is 1.89. The van der Waals surface area contributed by atoms with Crippen LogP contribution in [0.5, 0.6) is 11.5 Å². The van der Waals surface area contributed by atoms with E-state index < -0.39 is 25.0 Å². The lowest BCUT2D eigenvalue weighted by Crippen LogP contribution is -2.24. The van der Waals surface area contributed by atoms with Gasteiger partial charge in [-0.05, 0) is 12.1 Å². The first-order valence-corrected chi connectivity index (χ1v) is 5.00. The van der Waals surface area contributed by atoms with Gasteiger partial charge in [0, 0.05) is 11.6 Å². The number of carbonyl (C=O) groups excluding carboxylic acids is 1. The van der Waals surface area contributed by atoms with Crippen LogP contribution in [-0.4, -0.2) is 25.5 Å². The van der Waals surface area contributed by atoms with Gasteiger partial charge in [-0.3, -0.25) is 0 Å². The van der Waals surface area contributed by atoms with Gasteiger partial charge in [0.05, 0.1) is 6.21 Å². The van der Waals surface area contributed by atoms with Crippen molar-refractivity contribution in [1.29, 1.82) is 0 Å². The lowest BCUT2D eigenvalue weighted by atomic mass is 10.2. The minimum atomic E-state index is -3.17. The van der Waals surface area contributed by atoms with Crippen molar-refractivity contribution in [3.05, 3.63) is 23.8 Å². The topological polar surface area (TPSA) is 85.9 Å². The molecule has 0 saturated heterocycles. The summed E-state index contributed by atoms with van der Waals surface area (Å²) in [5.41, 5.74) is 6.57. The summed E-state index contributed by atoms with van der Waals surface area (Å²) in [6.45, 7) is -6.28. The molecule has 1 aromatic rings. The number of hydrazone groups is 1. The standard InChI is InChI=1S/C10H9F4N3O3/c11-8(12)19-6-2-1-5(4-16-17-10(15)18)7(3-6)20-9(13)14/h1-4,8-9H,(H3,15,17,18)/b16-4+. The molecule has 3 N–H and O–H groups in total. The molecule has 0 aliphatic carbocycles. The number of benzene rings is 1. The Labute approximate surface area is 110 Å².